The molecule has 0 aliphatic carbocycles. The van der Waals surface area contributed by atoms with Gasteiger partial charge in [-0.25, -0.2) is 4.39 Å². The predicted molar refractivity (Wildman–Crippen MR) is 120 cm³/mol. The molecule has 0 saturated carbocycles. The van der Waals surface area contributed by atoms with Crippen LogP contribution in [0.2, 0.25) is 0 Å². The van der Waals surface area contributed by atoms with Crippen molar-refractivity contribution in [3.05, 3.63) is 65.6 Å². The maximum atomic E-state index is 14.8. The van der Waals surface area contributed by atoms with E-state index < -0.39 is 11.9 Å². The van der Waals surface area contributed by atoms with Crippen LogP contribution in [0.15, 0.2) is 47.0 Å². The van der Waals surface area contributed by atoms with E-state index in [0.717, 1.165) is 5.56 Å². The van der Waals surface area contributed by atoms with Crippen molar-refractivity contribution in [1.29, 1.82) is 0 Å². The Balaban J connectivity index is 1.61. The number of hydrogen-bond acceptors (Lipinski definition) is 7. The quantitative estimate of drug-likeness (QED) is 0.378. The fraction of sp³-hybridized carbons (Fsp3) is 0.304. The highest BCUT2D eigenvalue weighted by Gasteiger charge is 2.15. The van der Waals surface area contributed by atoms with Gasteiger partial charge in [0.25, 0.3) is 0 Å². The van der Waals surface area contributed by atoms with Crippen LogP contribution in [0.1, 0.15) is 24.2 Å². The van der Waals surface area contributed by atoms with Crippen LogP contribution >= 0.6 is 0 Å². The second kappa shape index (κ2) is 11.3. The summed E-state index contributed by atoms with van der Waals surface area (Å²) >= 11 is 0. The summed E-state index contributed by atoms with van der Waals surface area (Å²) in [6, 6.07) is 11.9. The van der Waals surface area contributed by atoms with Gasteiger partial charge in [-0.05, 0) is 36.2 Å². The van der Waals surface area contributed by atoms with Crippen molar-refractivity contribution in [3.8, 4) is 11.1 Å². The zero-order chi connectivity index (χ0) is 23.8. The Labute approximate surface area is 190 Å². The van der Waals surface area contributed by atoms with Crippen molar-refractivity contribution < 1.29 is 23.6 Å². The van der Waals surface area contributed by atoms with Crippen LogP contribution in [0, 0.1) is 12.7 Å². The zero-order valence-corrected chi connectivity index (χ0v) is 18.4. The van der Waals surface area contributed by atoms with Crippen LogP contribution in [-0.4, -0.2) is 46.8 Å². The topological polar surface area (TPSA) is 121 Å². The Hall–Kier alpha value is -3.63. The van der Waals surface area contributed by atoms with Gasteiger partial charge in [0, 0.05) is 31.3 Å². The predicted octanol–water partition coefficient (Wildman–Crippen LogP) is 1.93. The number of halogens is 1. The Morgan fingerprint density at radius 3 is 2.61 bits per heavy atom. The molecule has 9 nitrogen and oxygen atoms in total. The molecule has 0 saturated heterocycles. The maximum absolute atomic E-state index is 14.8. The van der Waals surface area contributed by atoms with Gasteiger partial charge in [0.1, 0.15) is 5.82 Å². The van der Waals surface area contributed by atoms with Crippen molar-refractivity contribution in [2.24, 2.45) is 0 Å². The van der Waals surface area contributed by atoms with E-state index in [1.807, 2.05) is 24.3 Å². The number of rotatable bonds is 11. The first kappa shape index (κ1) is 24.0. The number of aryl methyl sites for hydroxylation is 1. The van der Waals surface area contributed by atoms with E-state index in [1.165, 1.54) is 17.9 Å². The Morgan fingerprint density at radius 1 is 1.24 bits per heavy atom. The van der Waals surface area contributed by atoms with Crippen LogP contribution in [0.3, 0.4) is 0 Å². The third-order valence-corrected chi connectivity index (χ3v) is 4.85. The maximum Gasteiger partial charge on any atom is 0.240 e. The van der Waals surface area contributed by atoms with Gasteiger partial charge in [0.15, 0.2) is 5.82 Å². The van der Waals surface area contributed by atoms with E-state index >= 15 is 0 Å². The highest BCUT2D eigenvalue weighted by atomic mass is 19.1. The Morgan fingerprint density at radius 2 is 2.00 bits per heavy atom. The molecule has 10 heteroatoms. The van der Waals surface area contributed by atoms with Gasteiger partial charge in [-0.3, -0.25) is 9.59 Å². The van der Waals surface area contributed by atoms with Crippen molar-refractivity contribution >= 4 is 18.0 Å². The molecule has 0 unspecified atom stereocenters. The Bertz CT molecular complexity index is 1090. The first-order valence-corrected chi connectivity index (χ1v) is 10.4. The summed E-state index contributed by atoms with van der Waals surface area (Å²) in [5, 5.41) is 19.4. The number of anilines is 1. The van der Waals surface area contributed by atoms with Crippen LogP contribution in [-0.2, 0) is 22.7 Å². The van der Waals surface area contributed by atoms with E-state index in [1.54, 1.807) is 19.1 Å². The van der Waals surface area contributed by atoms with E-state index in [9.17, 15) is 19.1 Å². The summed E-state index contributed by atoms with van der Waals surface area (Å²) in [5.74, 6) is 0.319. The number of carbonyl (C=O) groups excluding carboxylic acids is 2. The number of amides is 2. The first-order chi connectivity index (χ1) is 15.9. The smallest absolute Gasteiger partial charge is 0.240 e. The molecular weight excluding hydrogens is 429 g/mol. The summed E-state index contributed by atoms with van der Waals surface area (Å²) in [4.78, 5) is 27.7. The van der Waals surface area contributed by atoms with E-state index in [0.29, 0.717) is 48.0 Å². The van der Waals surface area contributed by atoms with Crippen LogP contribution < -0.4 is 15.5 Å². The first-order valence-electron chi connectivity index (χ1n) is 10.4. The standard InChI is InChI=1S/C23H26FN5O4/c1-15-27-23(33-28-15)12-25-10-17-3-5-18(6-4-17)21-8-7-19(9-22(21)24)29(14-30)13-20(32)11-26-16(2)31/h3-9,14,20,25,32H,10-13H2,1-2H3,(H,26,31)/t20-/m0/s1. The van der Waals surface area contributed by atoms with Gasteiger partial charge in [0.05, 0.1) is 19.2 Å². The molecule has 0 aliphatic rings. The van der Waals surface area contributed by atoms with E-state index in [-0.39, 0.29) is 19.0 Å². The molecule has 1 atom stereocenters. The normalized spacial score (nSPS) is 11.8. The number of aliphatic hydroxyl groups is 1. The van der Waals surface area contributed by atoms with Crippen molar-refractivity contribution in [2.45, 2.75) is 33.0 Å². The largest absolute Gasteiger partial charge is 0.389 e. The van der Waals surface area contributed by atoms with Gasteiger partial charge >= 0.3 is 0 Å². The summed E-state index contributed by atoms with van der Waals surface area (Å²) in [7, 11) is 0. The number of aliphatic hydroxyl groups excluding tert-OH is 1. The second-order valence-corrected chi connectivity index (χ2v) is 7.55. The summed E-state index contributed by atoms with van der Waals surface area (Å²) in [6.45, 7) is 4.04. The minimum atomic E-state index is -0.980. The molecule has 174 valence electrons. The van der Waals surface area contributed by atoms with Crippen LogP contribution in [0.4, 0.5) is 10.1 Å². The molecule has 1 heterocycles. The molecule has 3 N–H and O–H groups in total. The number of benzene rings is 2. The fourth-order valence-electron chi connectivity index (χ4n) is 3.21. The molecule has 0 radical (unpaired) electrons. The number of carbonyl (C=O) groups is 2. The molecular formula is C23H26FN5O4. The summed E-state index contributed by atoms with van der Waals surface area (Å²) < 4.78 is 19.9. The van der Waals surface area contributed by atoms with E-state index in [4.69, 9.17) is 4.52 Å². The molecule has 1 aromatic heterocycles. The molecule has 0 bridgehead atoms. The molecule has 2 aromatic carbocycles. The molecule has 0 fully saturated rings. The second-order valence-electron chi connectivity index (χ2n) is 7.55. The summed E-state index contributed by atoms with van der Waals surface area (Å²) in [5.41, 5.74) is 2.40. The van der Waals surface area contributed by atoms with Gasteiger partial charge in [0.2, 0.25) is 18.2 Å². The number of hydrogen-bond donors (Lipinski definition) is 3. The molecule has 2 amide bonds. The summed E-state index contributed by atoms with van der Waals surface area (Å²) in [6.07, 6.45) is -0.463. The van der Waals surface area contributed by atoms with Crippen LogP contribution in [0.25, 0.3) is 11.1 Å². The van der Waals surface area contributed by atoms with Gasteiger partial charge in [-0.2, -0.15) is 4.98 Å². The zero-order valence-electron chi connectivity index (χ0n) is 18.4. The van der Waals surface area contributed by atoms with Crippen molar-refractivity contribution in [2.75, 3.05) is 18.0 Å². The third kappa shape index (κ3) is 6.93. The average Bonchev–Trinajstić information content (AvgIpc) is 3.21. The number of aromatic nitrogens is 2. The van der Waals surface area contributed by atoms with Crippen molar-refractivity contribution in [3.63, 3.8) is 0 Å². The highest BCUT2D eigenvalue weighted by molar-refractivity contribution is 5.77. The minimum absolute atomic E-state index is 0.00397. The lowest BCUT2D eigenvalue weighted by molar-refractivity contribution is -0.119. The SMILES string of the molecule is CC(=O)NC[C@H](O)CN(C=O)c1ccc(-c2ccc(CNCc3nc(C)no3)cc2)c(F)c1. The lowest BCUT2D eigenvalue weighted by Crippen LogP contribution is -2.39. The lowest BCUT2D eigenvalue weighted by atomic mass is 10.0. The van der Waals surface area contributed by atoms with Gasteiger partial charge in [-0.1, -0.05) is 29.4 Å². The number of nitrogens with zero attached hydrogens (tertiary/aromatic N) is 3. The molecule has 3 rings (SSSR count). The van der Waals surface area contributed by atoms with E-state index in [2.05, 4.69) is 20.8 Å². The molecule has 0 aliphatic heterocycles. The van der Waals surface area contributed by atoms with Gasteiger partial charge in [-0.15, -0.1) is 0 Å². The molecule has 3 aromatic rings. The highest BCUT2D eigenvalue weighted by Crippen LogP contribution is 2.27. The van der Waals surface area contributed by atoms with Crippen LogP contribution in [0.5, 0.6) is 0 Å². The van der Waals surface area contributed by atoms with Crippen molar-refractivity contribution in [1.82, 2.24) is 20.8 Å². The minimum Gasteiger partial charge on any atom is -0.389 e. The Kier molecular flexibility index (Phi) is 8.22. The third-order valence-electron chi connectivity index (χ3n) is 4.85. The molecule has 33 heavy (non-hydrogen) atoms. The molecule has 0 spiro atoms. The number of nitrogens with one attached hydrogen (secondary N) is 2. The average molecular weight is 455 g/mol. The fourth-order valence-corrected chi connectivity index (χ4v) is 3.21. The van der Waals surface area contributed by atoms with Gasteiger partial charge < -0.3 is 25.2 Å². The lowest BCUT2D eigenvalue weighted by Gasteiger charge is -2.21. The monoisotopic (exact) mass is 455 g/mol.